The minimum absolute atomic E-state index is 0.350. The van der Waals surface area contributed by atoms with Gasteiger partial charge < -0.3 is 5.32 Å². The van der Waals surface area contributed by atoms with Crippen molar-refractivity contribution in [3.63, 3.8) is 0 Å². The quantitative estimate of drug-likeness (QED) is 0.810. The highest BCUT2D eigenvalue weighted by Gasteiger charge is 2.05. The summed E-state index contributed by atoms with van der Waals surface area (Å²) in [7, 11) is 0. The van der Waals surface area contributed by atoms with Crippen molar-refractivity contribution in [1.29, 1.82) is 0 Å². The van der Waals surface area contributed by atoms with Gasteiger partial charge in [-0.05, 0) is 26.8 Å². The molecule has 0 fully saturated rings. The predicted molar refractivity (Wildman–Crippen MR) is 60.8 cm³/mol. The van der Waals surface area contributed by atoms with Crippen LogP contribution in [0.15, 0.2) is 18.5 Å². The number of hydrogen-bond donors (Lipinski definition) is 1. The fraction of sp³-hybridized carbons (Fsp3) is 0.364. The third kappa shape index (κ3) is 2.03. The first-order valence-electron chi connectivity index (χ1n) is 5.01. The SMILES string of the molecule is Cc1nc(NC(C)C)c2cnccc2n1. The van der Waals surface area contributed by atoms with E-state index in [-0.39, 0.29) is 0 Å². The van der Waals surface area contributed by atoms with Crippen molar-refractivity contribution in [3.05, 3.63) is 24.3 Å². The van der Waals surface area contributed by atoms with Crippen molar-refractivity contribution in [2.75, 3.05) is 5.32 Å². The maximum Gasteiger partial charge on any atom is 0.139 e. The van der Waals surface area contributed by atoms with Gasteiger partial charge in [0.15, 0.2) is 0 Å². The molecule has 0 aliphatic rings. The highest BCUT2D eigenvalue weighted by molar-refractivity contribution is 5.88. The summed E-state index contributed by atoms with van der Waals surface area (Å²) in [6, 6.07) is 2.25. The molecule has 4 heteroatoms. The second-order valence-electron chi connectivity index (χ2n) is 3.81. The van der Waals surface area contributed by atoms with Gasteiger partial charge in [0, 0.05) is 18.4 Å². The van der Waals surface area contributed by atoms with E-state index in [0.29, 0.717) is 6.04 Å². The molecular weight excluding hydrogens is 188 g/mol. The van der Waals surface area contributed by atoms with Crippen LogP contribution in [0.5, 0.6) is 0 Å². The molecular formula is C11H14N4. The number of aromatic nitrogens is 3. The van der Waals surface area contributed by atoms with E-state index in [9.17, 15) is 0 Å². The Bertz CT molecular complexity index is 479. The average molecular weight is 202 g/mol. The van der Waals surface area contributed by atoms with Crippen molar-refractivity contribution in [2.24, 2.45) is 0 Å². The van der Waals surface area contributed by atoms with Gasteiger partial charge in [-0.25, -0.2) is 9.97 Å². The molecule has 0 aliphatic carbocycles. The first-order chi connectivity index (χ1) is 7.16. The van der Waals surface area contributed by atoms with Crippen molar-refractivity contribution < 1.29 is 0 Å². The number of anilines is 1. The molecule has 0 aliphatic heterocycles. The molecule has 2 aromatic rings. The van der Waals surface area contributed by atoms with Gasteiger partial charge in [-0.15, -0.1) is 0 Å². The fourth-order valence-corrected chi connectivity index (χ4v) is 1.47. The van der Waals surface area contributed by atoms with E-state index < -0.39 is 0 Å². The van der Waals surface area contributed by atoms with E-state index in [1.54, 1.807) is 12.4 Å². The minimum atomic E-state index is 0.350. The summed E-state index contributed by atoms with van der Waals surface area (Å²) in [5.41, 5.74) is 0.931. The van der Waals surface area contributed by atoms with E-state index in [4.69, 9.17) is 0 Å². The molecule has 15 heavy (non-hydrogen) atoms. The molecule has 0 amide bonds. The van der Waals surface area contributed by atoms with Crippen molar-refractivity contribution in [1.82, 2.24) is 15.0 Å². The number of fused-ring (bicyclic) bond motifs is 1. The molecule has 0 bridgehead atoms. The Morgan fingerprint density at radius 1 is 1.27 bits per heavy atom. The Hall–Kier alpha value is -1.71. The maximum absolute atomic E-state index is 4.38. The number of pyridine rings is 1. The highest BCUT2D eigenvalue weighted by Crippen LogP contribution is 2.19. The van der Waals surface area contributed by atoms with Crippen LogP contribution in [0, 0.1) is 6.92 Å². The second kappa shape index (κ2) is 3.81. The van der Waals surface area contributed by atoms with Crippen LogP contribution >= 0.6 is 0 Å². The van der Waals surface area contributed by atoms with Crippen LogP contribution in [0.1, 0.15) is 19.7 Å². The summed E-state index contributed by atoms with van der Waals surface area (Å²) < 4.78 is 0. The predicted octanol–water partition coefficient (Wildman–Crippen LogP) is 2.15. The van der Waals surface area contributed by atoms with Gasteiger partial charge in [-0.3, -0.25) is 4.98 Å². The van der Waals surface area contributed by atoms with E-state index >= 15 is 0 Å². The first-order valence-corrected chi connectivity index (χ1v) is 5.01. The zero-order valence-electron chi connectivity index (χ0n) is 9.15. The molecule has 2 heterocycles. The van der Waals surface area contributed by atoms with E-state index in [1.807, 2.05) is 13.0 Å². The smallest absolute Gasteiger partial charge is 0.139 e. The lowest BCUT2D eigenvalue weighted by Crippen LogP contribution is -2.12. The molecule has 0 unspecified atom stereocenters. The van der Waals surface area contributed by atoms with Gasteiger partial charge in [0.2, 0.25) is 0 Å². The molecule has 0 spiro atoms. The summed E-state index contributed by atoms with van der Waals surface area (Å²) in [5, 5.41) is 4.27. The Morgan fingerprint density at radius 2 is 2.07 bits per heavy atom. The first kappa shape index (κ1) is 9.83. The normalized spacial score (nSPS) is 10.9. The molecule has 0 saturated carbocycles. The Morgan fingerprint density at radius 3 is 2.80 bits per heavy atom. The fourth-order valence-electron chi connectivity index (χ4n) is 1.47. The zero-order chi connectivity index (χ0) is 10.8. The number of rotatable bonds is 2. The second-order valence-corrected chi connectivity index (χ2v) is 3.81. The zero-order valence-corrected chi connectivity index (χ0v) is 9.15. The number of nitrogens with zero attached hydrogens (tertiary/aromatic N) is 3. The molecule has 1 N–H and O–H groups in total. The van der Waals surface area contributed by atoms with Crippen molar-refractivity contribution in [2.45, 2.75) is 26.8 Å². The van der Waals surface area contributed by atoms with Crippen LogP contribution < -0.4 is 5.32 Å². The summed E-state index contributed by atoms with van der Waals surface area (Å²) >= 11 is 0. The van der Waals surface area contributed by atoms with Crippen LogP contribution in [-0.2, 0) is 0 Å². The maximum atomic E-state index is 4.38. The van der Waals surface area contributed by atoms with Crippen LogP contribution in [0.3, 0.4) is 0 Å². The summed E-state index contributed by atoms with van der Waals surface area (Å²) in [6.07, 6.45) is 3.54. The van der Waals surface area contributed by atoms with Gasteiger partial charge in [0.05, 0.1) is 10.9 Å². The van der Waals surface area contributed by atoms with E-state index in [2.05, 4.69) is 34.1 Å². The van der Waals surface area contributed by atoms with Crippen LogP contribution in [0.4, 0.5) is 5.82 Å². The molecule has 0 atom stereocenters. The third-order valence-corrected chi connectivity index (χ3v) is 2.03. The van der Waals surface area contributed by atoms with E-state index in [0.717, 1.165) is 22.5 Å². The monoisotopic (exact) mass is 202 g/mol. The topological polar surface area (TPSA) is 50.7 Å². The summed E-state index contributed by atoms with van der Waals surface area (Å²) in [6.45, 7) is 6.06. The van der Waals surface area contributed by atoms with Crippen LogP contribution in [0.2, 0.25) is 0 Å². The molecule has 78 valence electrons. The standard InChI is InChI=1S/C11H14N4/c1-7(2)13-11-9-6-12-5-4-10(9)14-8(3)15-11/h4-7H,1-3H3,(H,13,14,15). The lowest BCUT2D eigenvalue weighted by Gasteiger charge is -2.11. The van der Waals surface area contributed by atoms with Crippen LogP contribution in [-0.4, -0.2) is 21.0 Å². The number of nitrogens with one attached hydrogen (secondary N) is 1. The van der Waals surface area contributed by atoms with E-state index in [1.165, 1.54) is 0 Å². The third-order valence-electron chi connectivity index (χ3n) is 2.03. The lowest BCUT2D eigenvalue weighted by atomic mass is 10.2. The Balaban J connectivity index is 2.60. The molecule has 2 aromatic heterocycles. The largest absolute Gasteiger partial charge is 0.367 e. The van der Waals surface area contributed by atoms with Crippen molar-refractivity contribution in [3.8, 4) is 0 Å². The molecule has 0 aromatic carbocycles. The highest BCUT2D eigenvalue weighted by atomic mass is 15.0. The number of hydrogen-bond acceptors (Lipinski definition) is 4. The van der Waals surface area contributed by atoms with Gasteiger partial charge in [-0.2, -0.15) is 0 Å². The van der Waals surface area contributed by atoms with Gasteiger partial charge >= 0.3 is 0 Å². The Kier molecular flexibility index (Phi) is 2.49. The summed E-state index contributed by atoms with van der Waals surface area (Å²) in [5.74, 6) is 1.64. The molecule has 0 radical (unpaired) electrons. The van der Waals surface area contributed by atoms with Gasteiger partial charge in [-0.1, -0.05) is 0 Å². The van der Waals surface area contributed by atoms with Crippen LogP contribution in [0.25, 0.3) is 10.9 Å². The van der Waals surface area contributed by atoms with Gasteiger partial charge in [0.1, 0.15) is 11.6 Å². The molecule has 0 saturated heterocycles. The molecule has 2 rings (SSSR count). The van der Waals surface area contributed by atoms with Gasteiger partial charge in [0.25, 0.3) is 0 Å². The number of aryl methyl sites for hydroxylation is 1. The minimum Gasteiger partial charge on any atom is -0.367 e. The summed E-state index contributed by atoms with van der Waals surface area (Å²) in [4.78, 5) is 12.8. The Labute approximate surface area is 88.8 Å². The average Bonchev–Trinajstić information content (AvgIpc) is 2.16. The molecule has 4 nitrogen and oxygen atoms in total. The lowest BCUT2D eigenvalue weighted by molar-refractivity contribution is 0.886. The van der Waals surface area contributed by atoms with Crippen molar-refractivity contribution >= 4 is 16.7 Å².